The highest BCUT2D eigenvalue weighted by Gasteiger charge is 2.01. The second-order valence-corrected chi connectivity index (χ2v) is 4.17. The second-order valence-electron chi connectivity index (χ2n) is 4.17. The van der Waals surface area contributed by atoms with Crippen LogP contribution in [0.25, 0.3) is 0 Å². The molecule has 0 rings (SSSR count). The number of carbonyl (C=O) groups is 1. The quantitative estimate of drug-likeness (QED) is 0.438. The Balaban J connectivity index is 3.09. The highest BCUT2D eigenvalue weighted by Crippen LogP contribution is 2.07. The summed E-state index contributed by atoms with van der Waals surface area (Å²) in [4.78, 5) is 11.2. The van der Waals surface area contributed by atoms with Gasteiger partial charge in [-0.05, 0) is 19.3 Å². The van der Waals surface area contributed by atoms with Crippen LogP contribution in [-0.4, -0.2) is 24.3 Å². The topological polar surface area (TPSA) is 46.5 Å². The van der Waals surface area contributed by atoms with Crippen molar-refractivity contribution >= 4 is 5.97 Å². The number of ether oxygens (including phenoxy) is 1. The average molecular weight is 230 g/mol. The Morgan fingerprint density at radius 1 is 1.00 bits per heavy atom. The van der Waals surface area contributed by atoms with Crippen molar-refractivity contribution in [3.05, 3.63) is 0 Å². The third-order valence-corrected chi connectivity index (χ3v) is 2.55. The van der Waals surface area contributed by atoms with Crippen LogP contribution in [0.3, 0.4) is 0 Å². The van der Waals surface area contributed by atoms with Crippen LogP contribution in [0.4, 0.5) is 0 Å². The summed E-state index contributed by atoms with van der Waals surface area (Å²) in [5, 5.41) is 8.58. The van der Waals surface area contributed by atoms with Crippen molar-refractivity contribution in [1.82, 2.24) is 0 Å². The predicted molar refractivity (Wildman–Crippen MR) is 65.3 cm³/mol. The molecular formula is C13H26O3. The number of unbranched alkanes of at least 4 members (excludes halogenated alkanes) is 6. The molecule has 0 aromatic rings. The van der Waals surface area contributed by atoms with E-state index in [2.05, 4.69) is 6.92 Å². The monoisotopic (exact) mass is 230 g/mol. The minimum atomic E-state index is -0.0520. The molecule has 0 aromatic carbocycles. The summed E-state index contributed by atoms with van der Waals surface area (Å²) in [7, 11) is 0. The average Bonchev–Trinajstić information content (AvgIpc) is 2.28. The summed E-state index contributed by atoms with van der Waals surface area (Å²) < 4.78 is 5.06. The van der Waals surface area contributed by atoms with Crippen molar-refractivity contribution in [2.45, 2.75) is 64.7 Å². The second kappa shape index (κ2) is 12.5. The van der Waals surface area contributed by atoms with E-state index in [1.54, 1.807) is 0 Å². The summed E-state index contributed by atoms with van der Waals surface area (Å²) in [5.74, 6) is -0.0520. The normalized spacial score (nSPS) is 10.4. The highest BCUT2D eigenvalue weighted by molar-refractivity contribution is 5.69. The molecule has 0 amide bonds. The number of aliphatic hydroxyl groups excluding tert-OH is 1. The van der Waals surface area contributed by atoms with Gasteiger partial charge in [-0.3, -0.25) is 4.79 Å². The van der Waals surface area contributed by atoms with E-state index >= 15 is 0 Å². The third kappa shape index (κ3) is 11.5. The van der Waals surface area contributed by atoms with Crippen molar-refractivity contribution in [3.63, 3.8) is 0 Å². The first-order chi connectivity index (χ1) is 7.81. The summed E-state index contributed by atoms with van der Waals surface area (Å²) >= 11 is 0. The number of carbonyl (C=O) groups excluding carboxylic acids is 1. The Hall–Kier alpha value is -0.570. The maximum atomic E-state index is 11.2. The lowest BCUT2D eigenvalue weighted by Crippen LogP contribution is -2.05. The molecule has 0 fully saturated rings. The molecule has 0 saturated heterocycles. The van der Waals surface area contributed by atoms with Crippen LogP contribution in [0.15, 0.2) is 0 Å². The zero-order valence-corrected chi connectivity index (χ0v) is 10.5. The maximum Gasteiger partial charge on any atom is 0.305 e. The smallest absolute Gasteiger partial charge is 0.305 e. The Kier molecular flexibility index (Phi) is 12.1. The van der Waals surface area contributed by atoms with Gasteiger partial charge in [0.1, 0.15) is 0 Å². The van der Waals surface area contributed by atoms with E-state index in [9.17, 15) is 4.79 Å². The van der Waals surface area contributed by atoms with Gasteiger partial charge in [0.2, 0.25) is 0 Å². The summed E-state index contributed by atoms with van der Waals surface area (Å²) in [5.41, 5.74) is 0. The van der Waals surface area contributed by atoms with Crippen LogP contribution in [0, 0.1) is 0 Å². The zero-order valence-electron chi connectivity index (χ0n) is 10.5. The van der Waals surface area contributed by atoms with Gasteiger partial charge in [-0.25, -0.2) is 0 Å². The number of hydrogen-bond acceptors (Lipinski definition) is 3. The molecular weight excluding hydrogens is 204 g/mol. The van der Waals surface area contributed by atoms with E-state index in [-0.39, 0.29) is 5.97 Å². The standard InChI is InChI=1S/C13H26O3/c1-2-3-12-16-13(15)10-8-6-4-5-7-9-11-14/h14H,2-12H2,1H3. The van der Waals surface area contributed by atoms with E-state index in [1.807, 2.05) is 0 Å². The van der Waals surface area contributed by atoms with Crippen LogP contribution in [0.5, 0.6) is 0 Å². The van der Waals surface area contributed by atoms with Crippen LogP contribution >= 0.6 is 0 Å². The fourth-order valence-electron chi connectivity index (χ4n) is 1.49. The summed E-state index contributed by atoms with van der Waals surface area (Å²) in [6.07, 6.45) is 8.93. The van der Waals surface area contributed by atoms with Gasteiger partial charge in [-0.15, -0.1) is 0 Å². The van der Waals surface area contributed by atoms with Crippen molar-refractivity contribution < 1.29 is 14.6 Å². The molecule has 3 heteroatoms. The maximum absolute atomic E-state index is 11.2. The van der Waals surface area contributed by atoms with Crippen LogP contribution < -0.4 is 0 Å². The molecule has 0 aliphatic heterocycles. The van der Waals surface area contributed by atoms with Gasteiger partial charge in [-0.1, -0.05) is 39.0 Å². The van der Waals surface area contributed by atoms with Gasteiger partial charge < -0.3 is 9.84 Å². The fraction of sp³-hybridized carbons (Fsp3) is 0.923. The SMILES string of the molecule is CCCCOC(=O)CCCCCCCCO. The molecule has 0 radical (unpaired) electrons. The molecule has 0 spiro atoms. The predicted octanol–water partition coefficient (Wildman–Crippen LogP) is 3.05. The van der Waals surface area contributed by atoms with E-state index in [4.69, 9.17) is 9.84 Å². The lowest BCUT2D eigenvalue weighted by molar-refractivity contribution is -0.143. The van der Waals surface area contributed by atoms with Gasteiger partial charge in [0.15, 0.2) is 0 Å². The fourth-order valence-corrected chi connectivity index (χ4v) is 1.49. The first-order valence-electron chi connectivity index (χ1n) is 6.57. The van der Waals surface area contributed by atoms with Crippen molar-refractivity contribution in [2.24, 2.45) is 0 Å². The first-order valence-corrected chi connectivity index (χ1v) is 6.57. The van der Waals surface area contributed by atoms with E-state index in [0.29, 0.717) is 19.6 Å². The lowest BCUT2D eigenvalue weighted by Gasteiger charge is -2.03. The summed E-state index contributed by atoms with van der Waals surface area (Å²) in [6.45, 7) is 2.95. The van der Waals surface area contributed by atoms with Crippen molar-refractivity contribution in [2.75, 3.05) is 13.2 Å². The van der Waals surface area contributed by atoms with Gasteiger partial charge in [0.25, 0.3) is 0 Å². The molecule has 0 aromatic heterocycles. The molecule has 0 saturated carbocycles. The zero-order chi connectivity index (χ0) is 12.1. The molecule has 3 nitrogen and oxygen atoms in total. The van der Waals surface area contributed by atoms with E-state index in [0.717, 1.165) is 51.4 Å². The highest BCUT2D eigenvalue weighted by atomic mass is 16.5. The van der Waals surface area contributed by atoms with Crippen molar-refractivity contribution in [3.8, 4) is 0 Å². The minimum absolute atomic E-state index is 0.0520. The molecule has 0 heterocycles. The Morgan fingerprint density at radius 3 is 2.25 bits per heavy atom. The summed E-state index contributed by atoms with van der Waals surface area (Å²) in [6, 6.07) is 0. The molecule has 0 atom stereocenters. The number of aliphatic hydroxyl groups is 1. The largest absolute Gasteiger partial charge is 0.466 e. The minimum Gasteiger partial charge on any atom is -0.466 e. The van der Waals surface area contributed by atoms with Crippen LogP contribution in [-0.2, 0) is 9.53 Å². The van der Waals surface area contributed by atoms with Gasteiger partial charge in [0, 0.05) is 13.0 Å². The molecule has 0 unspecified atom stereocenters. The number of hydrogen-bond donors (Lipinski definition) is 1. The Bertz CT molecular complexity index is 157. The molecule has 1 N–H and O–H groups in total. The van der Waals surface area contributed by atoms with Gasteiger partial charge in [0.05, 0.1) is 6.61 Å². The lowest BCUT2D eigenvalue weighted by atomic mass is 10.1. The Morgan fingerprint density at radius 2 is 1.62 bits per heavy atom. The third-order valence-electron chi connectivity index (χ3n) is 2.55. The number of rotatable bonds is 11. The molecule has 0 aliphatic carbocycles. The molecule has 16 heavy (non-hydrogen) atoms. The molecule has 0 aliphatic rings. The van der Waals surface area contributed by atoms with Gasteiger partial charge in [-0.2, -0.15) is 0 Å². The van der Waals surface area contributed by atoms with E-state index in [1.165, 1.54) is 0 Å². The van der Waals surface area contributed by atoms with Crippen molar-refractivity contribution in [1.29, 1.82) is 0 Å². The molecule has 96 valence electrons. The Labute approximate surface area is 99.2 Å². The van der Waals surface area contributed by atoms with Crippen LogP contribution in [0.1, 0.15) is 64.7 Å². The van der Waals surface area contributed by atoms with E-state index < -0.39 is 0 Å². The van der Waals surface area contributed by atoms with Gasteiger partial charge >= 0.3 is 5.97 Å². The van der Waals surface area contributed by atoms with Crippen LogP contribution in [0.2, 0.25) is 0 Å². The first kappa shape index (κ1) is 15.4. The molecule has 0 bridgehead atoms. The number of esters is 1.